The van der Waals surface area contributed by atoms with Crippen LogP contribution < -0.4 is 0 Å². The topological polar surface area (TPSA) is 76.8 Å². The van der Waals surface area contributed by atoms with Crippen LogP contribution in [0, 0.1) is 0 Å². The van der Waals surface area contributed by atoms with Crippen LogP contribution >= 0.6 is 0 Å². The molecule has 0 bridgehead atoms. The van der Waals surface area contributed by atoms with E-state index in [4.69, 9.17) is 4.98 Å². The molecule has 4 aromatic rings. The standard InChI is InChI=1S/C21H18N6O/c1-26-18-5-3-2-4-16(18)25-19(26)7-9-27-12-17-20(21(27)28)15(6-8-24-17)14-10-22-13-23-11-14/h2-6,8,10-11,13H,7,9,12H2,1H3. The van der Waals surface area contributed by atoms with Crippen molar-refractivity contribution in [2.75, 3.05) is 6.54 Å². The van der Waals surface area contributed by atoms with Gasteiger partial charge in [0.25, 0.3) is 5.91 Å². The van der Waals surface area contributed by atoms with Crippen molar-refractivity contribution in [1.82, 2.24) is 29.4 Å². The second-order valence-corrected chi connectivity index (χ2v) is 6.86. The molecule has 1 aliphatic heterocycles. The molecule has 1 aliphatic rings. The third-order valence-corrected chi connectivity index (χ3v) is 5.23. The zero-order valence-corrected chi connectivity index (χ0v) is 15.4. The van der Waals surface area contributed by atoms with E-state index in [2.05, 4.69) is 25.6 Å². The minimum Gasteiger partial charge on any atom is -0.332 e. The highest BCUT2D eigenvalue weighted by Gasteiger charge is 2.31. The highest BCUT2D eigenvalue weighted by Crippen LogP contribution is 2.30. The van der Waals surface area contributed by atoms with Crippen molar-refractivity contribution in [2.45, 2.75) is 13.0 Å². The van der Waals surface area contributed by atoms with Crippen molar-refractivity contribution in [3.8, 4) is 11.1 Å². The van der Waals surface area contributed by atoms with E-state index in [9.17, 15) is 4.79 Å². The number of imidazole rings is 1. The number of fused-ring (bicyclic) bond motifs is 2. The fraction of sp³-hybridized carbons (Fsp3) is 0.190. The average Bonchev–Trinajstić information content (AvgIpc) is 3.24. The molecule has 0 radical (unpaired) electrons. The first kappa shape index (κ1) is 16.6. The maximum absolute atomic E-state index is 13.1. The van der Waals surface area contributed by atoms with Gasteiger partial charge >= 0.3 is 0 Å². The molecule has 0 saturated carbocycles. The third-order valence-electron chi connectivity index (χ3n) is 5.23. The van der Waals surface area contributed by atoms with Crippen LogP contribution in [0.4, 0.5) is 0 Å². The summed E-state index contributed by atoms with van der Waals surface area (Å²) in [6.07, 6.45) is 7.35. The van der Waals surface area contributed by atoms with Gasteiger partial charge in [0, 0.05) is 49.7 Å². The molecule has 0 unspecified atom stereocenters. The van der Waals surface area contributed by atoms with Gasteiger partial charge in [-0.05, 0) is 18.2 Å². The zero-order chi connectivity index (χ0) is 19.1. The molecule has 1 aromatic carbocycles. The Morgan fingerprint density at radius 3 is 2.75 bits per heavy atom. The lowest BCUT2D eigenvalue weighted by Crippen LogP contribution is -2.27. The Hall–Kier alpha value is -3.61. The third kappa shape index (κ3) is 2.63. The molecular formula is C21H18N6O. The van der Waals surface area contributed by atoms with Crippen LogP contribution in [0.3, 0.4) is 0 Å². The molecule has 3 aromatic heterocycles. The SMILES string of the molecule is Cn1c(CCN2Cc3nccc(-c4cncnc4)c3C2=O)nc2ccccc21. The van der Waals surface area contributed by atoms with Gasteiger partial charge in [-0.15, -0.1) is 0 Å². The summed E-state index contributed by atoms with van der Waals surface area (Å²) in [5.41, 5.74) is 5.19. The second kappa shape index (κ2) is 6.53. The Bertz CT molecular complexity index is 1180. The highest BCUT2D eigenvalue weighted by atomic mass is 16.2. The number of aromatic nitrogens is 5. The molecule has 7 heteroatoms. The number of carbonyl (C=O) groups excluding carboxylic acids is 1. The molecule has 4 heterocycles. The maximum Gasteiger partial charge on any atom is 0.256 e. The van der Waals surface area contributed by atoms with Gasteiger partial charge in [-0.2, -0.15) is 0 Å². The number of amides is 1. The summed E-state index contributed by atoms with van der Waals surface area (Å²) in [6, 6.07) is 9.91. The van der Waals surface area contributed by atoms with E-state index >= 15 is 0 Å². The van der Waals surface area contributed by atoms with Crippen LogP contribution in [0.2, 0.25) is 0 Å². The highest BCUT2D eigenvalue weighted by molar-refractivity contribution is 6.03. The van der Waals surface area contributed by atoms with Crippen molar-refractivity contribution in [3.63, 3.8) is 0 Å². The second-order valence-electron chi connectivity index (χ2n) is 6.86. The van der Waals surface area contributed by atoms with Gasteiger partial charge in [0.05, 0.1) is 28.8 Å². The van der Waals surface area contributed by atoms with Crippen molar-refractivity contribution in [2.24, 2.45) is 7.05 Å². The Kier molecular flexibility index (Phi) is 3.86. The molecule has 5 rings (SSSR count). The molecule has 0 aliphatic carbocycles. The van der Waals surface area contributed by atoms with Gasteiger partial charge in [-0.25, -0.2) is 15.0 Å². The quantitative estimate of drug-likeness (QED) is 0.552. The lowest BCUT2D eigenvalue weighted by atomic mass is 10.0. The van der Waals surface area contributed by atoms with Crippen molar-refractivity contribution in [3.05, 3.63) is 72.3 Å². The van der Waals surface area contributed by atoms with Gasteiger partial charge < -0.3 is 9.47 Å². The van der Waals surface area contributed by atoms with E-state index in [1.807, 2.05) is 36.2 Å². The van der Waals surface area contributed by atoms with Crippen molar-refractivity contribution < 1.29 is 4.79 Å². The summed E-state index contributed by atoms with van der Waals surface area (Å²) >= 11 is 0. The maximum atomic E-state index is 13.1. The number of hydrogen-bond acceptors (Lipinski definition) is 5. The first-order chi connectivity index (χ1) is 13.7. The fourth-order valence-corrected chi connectivity index (χ4v) is 3.79. The lowest BCUT2D eigenvalue weighted by Gasteiger charge is -2.15. The van der Waals surface area contributed by atoms with Crippen LogP contribution in [0.5, 0.6) is 0 Å². The smallest absolute Gasteiger partial charge is 0.256 e. The number of nitrogens with zero attached hydrogens (tertiary/aromatic N) is 6. The van der Waals surface area contributed by atoms with Gasteiger partial charge in [-0.3, -0.25) is 9.78 Å². The zero-order valence-electron chi connectivity index (χ0n) is 15.4. The normalized spacial score (nSPS) is 13.3. The summed E-state index contributed by atoms with van der Waals surface area (Å²) in [5.74, 6) is 0.968. The summed E-state index contributed by atoms with van der Waals surface area (Å²) in [7, 11) is 2.01. The minimum absolute atomic E-state index is 0.000664. The van der Waals surface area contributed by atoms with Crippen molar-refractivity contribution in [1.29, 1.82) is 0 Å². The molecule has 7 nitrogen and oxygen atoms in total. The average molecular weight is 370 g/mol. The van der Waals surface area contributed by atoms with Crippen LogP contribution in [0.25, 0.3) is 22.2 Å². The van der Waals surface area contributed by atoms with Gasteiger partial charge in [-0.1, -0.05) is 12.1 Å². The number of pyridine rings is 1. The van der Waals surface area contributed by atoms with Crippen molar-refractivity contribution >= 4 is 16.9 Å². The van der Waals surface area contributed by atoms with Crippen LogP contribution in [0.1, 0.15) is 21.9 Å². The molecule has 138 valence electrons. The predicted molar refractivity (Wildman–Crippen MR) is 104 cm³/mol. The van der Waals surface area contributed by atoms with Gasteiger partial charge in [0.1, 0.15) is 12.2 Å². The van der Waals surface area contributed by atoms with Crippen LogP contribution in [0.15, 0.2) is 55.2 Å². The predicted octanol–water partition coefficient (Wildman–Crippen LogP) is 2.62. The minimum atomic E-state index is 0.000664. The molecule has 1 amide bonds. The van der Waals surface area contributed by atoms with Crippen LogP contribution in [-0.4, -0.2) is 41.9 Å². The molecule has 0 saturated heterocycles. The molecule has 0 fully saturated rings. The van der Waals surface area contributed by atoms with Gasteiger partial charge in [0.15, 0.2) is 0 Å². The molecule has 28 heavy (non-hydrogen) atoms. The summed E-state index contributed by atoms with van der Waals surface area (Å²) < 4.78 is 2.09. The Labute approximate surface area is 161 Å². The Morgan fingerprint density at radius 1 is 1.11 bits per heavy atom. The van der Waals surface area contributed by atoms with E-state index in [0.717, 1.165) is 33.7 Å². The molecule has 0 N–H and O–H groups in total. The number of hydrogen-bond donors (Lipinski definition) is 0. The van der Waals surface area contributed by atoms with Gasteiger partial charge in [0.2, 0.25) is 0 Å². The number of para-hydroxylation sites is 2. The molecular weight excluding hydrogens is 352 g/mol. The Morgan fingerprint density at radius 2 is 1.93 bits per heavy atom. The van der Waals surface area contributed by atoms with E-state index in [1.54, 1.807) is 18.6 Å². The number of aryl methyl sites for hydroxylation is 1. The first-order valence-corrected chi connectivity index (χ1v) is 9.15. The van der Waals surface area contributed by atoms with E-state index in [-0.39, 0.29) is 5.91 Å². The Balaban J connectivity index is 1.40. The monoisotopic (exact) mass is 370 g/mol. The summed E-state index contributed by atoms with van der Waals surface area (Å²) in [5, 5.41) is 0. The molecule has 0 spiro atoms. The fourth-order valence-electron chi connectivity index (χ4n) is 3.79. The van der Waals surface area contributed by atoms with E-state index < -0.39 is 0 Å². The molecule has 0 atom stereocenters. The van der Waals surface area contributed by atoms with E-state index in [0.29, 0.717) is 25.1 Å². The summed E-state index contributed by atoms with van der Waals surface area (Å²) in [6.45, 7) is 1.11. The number of benzene rings is 1. The number of carbonyl (C=O) groups is 1. The van der Waals surface area contributed by atoms with Crippen LogP contribution in [-0.2, 0) is 20.0 Å². The first-order valence-electron chi connectivity index (χ1n) is 9.15. The largest absolute Gasteiger partial charge is 0.332 e. The van der Waals surface area contributed by atoms with E-state index in [1.165, 1.54) is 6.33 Å². The lowest BCUT2D eigenvalue weighted by molar-refractivity contribution is 0.0779. The summed E-state index contributed by atoms with van der Waals surface area (Å²) in [4.78, 5) is 32.2. The number of rotatable bonds is 4.